The summed E-state index contributed by atoms with van der Waals surface area (Å²) >= 11 is 0. The van der Waals surface area contributed by atoms with Crippen LogP contribution in [0.3, 0.4) is 0 Å². The van der Waals surface area contributed by atoms with Crippen molar-refractivity contribution < 1.29 is 27.1 Å². The maximum absolute atomic E-state index is 14.7. The minimum atomic E-state index is -4.22. The van der Waals surface area contributed by atoms with E-state index in [2.05, 4.69) is 5.32 Å². The normalized spacial score (nSPS) is 14.3. The maximum atomic E-state index is 14.7. The zero-order valence-electron chi connectivity index (χ0n) is 24.3. The van der Waals surface area contributed by atoms with Gasteiger partial charge in [-0.25, -0.2) is 12.8 Å². The Balaban J connectivity index is 1.68. The Morgan fingerprint density at radius 3 is 2.26 bits per heavy atom. The first-order chi connectivity index (χ1) is 20.1. The number of sulfonamides is 1. The summed E-state index contributed by atoms with van der Waals surface area (Å²) in [5, 5.41) is 3.01. The summed E-state index contributed by atoms with van der Waals surface area (Å²) < 4.78 is 49.1. The molecule has 1 aliphatic rings. The number of hydrogen-bond acceptors (Lipinski definition) is 5. The van der Waals surface area contributed by atoms with Crippen LogP contribution in [-0.4, -0.2) is 50.4 Å². The Morgan fingerprint density at radius 2 is 1.64 bits per heavy atom. The SMILES string of the molecule is CCOc1ccc(S(=O)(=O)N(CC(=O)N(Cc2ccccc2F)[C@@H](C)C(=O)NC2CCCC2)c2ccc(C)cc2)cc1. The van der Waals surface area contributed by atoms with Crippen molar-refractivity contribution in [3.63, 3.8) is 0 Å². The number of aryl methyl sites for hydroxylation is 1. The lowest BCUT2D eigenvalue weighted by atomic mass is 10.1. The molecule has 8 nitrogen and oxygen atoms in total. The van der Waals surface area contributed by atoms with E-state index in [4.69, 9.17) is 4.74 Å². The lowest BCUT2D eigenvalue weighted by Crippen LogP contribution is -2.52. The van der Waals surface area contributed by atoms with Crippen LogP contribution in [0.25, 0.3) is 0 Å². The van der Waals surface area contributed by atoms with E-state index in [1.165, 1.54) is 23.1 Å². The molecule has 0 saturated heterocycles. The molecule has 1 aliphatic carbocycles. The molecule has 1 fully saturated rings. The van der Waals surface area contributed by atoms with Gasteiger partial charge in [0, 0.05) is 18.2 Å². The molecular formula is C32H38FN3O5S. The van der Waals surface area contributed by atoms with E-state index >= 15 is 0 Å². The first-order valence-electron chi connectivity index (χ1n) is 14.3. The quantitative estimate of drug-likeness (QED) is 0.310. The van der Waals surface area contributed by atoms with E-state index in [1.807, 2.05) is 13.8 Å². The monoisotopic (exact) mass is 595 g/mol. The number of carbonyl (C=O) groups excluding carboxylic acids is 2. The molecule has 10 heteroatoms. The van der Waals surface area contributed by atoms with Crippen LogP contribution in [0.1, 0.15) is 50.7 Å². The fraction of sp³-hybridized carbons (Fsp3) is 0.375. The van der Waals surface area contributed by atoms with Crippen molar-refractivity contribution in [3.05, 3.63) is 89.7 Å². The fourth-order valence-corrected chi connectivity index (χ4v) is 6.44. The van der Waals surface area contributed by atoms with Crippen molar-refractivity contribution >= 4 is 27.5 Å². The summed E-state index contributed by atoms with van der Waals surface area (Å²) in [6.07, 6.45) is 3.76. The summed E-state index contributed by atoms with van der Waals surface area (Å²) in [6.45, 7) is 4.93. The highest BCUT2D eigenvalue weighted by Gasteiger charge is 2.33. The number of nitrogens with one attached hydrogen (secondary N) is 1. The maximum Gasteiger partial charge on any atom is 0.264 e. The number of benzene rings is 3. The molecule has 224 valence electrons. The summed E-state index contributed by atoms with van der Waals surface area (Å²) in [4.78, 5) is 28.5. The van der Waals surface area contributed by atoms with Gasteiger partial charge in [-0.05, 0) is 76.1 Å². The number of anilines is 1. The van der Waals surface area contributed by atoms with Gasteiger partial charge >= 0.3 is 0 Å². The Hall–Kier alpha value is -3.92. The van der Waals surface area contributed by atoms with Crippen molar-refractivity contribution in [3.8, 4) is 5.75 Å². The lowest BCUT2D eigenvalue weighted by Gasteiger charge is -2.32. The minimum absolute atomic E-state index is 0.0213. The van der Waals surface area contributed by atoms with Crippen molar-refractivity contribution in [1.82, 2.24) is 10.2 Å². The standard InChI is InChI=1S/C32H38FN3O5S/c1-4-41-28-17-19-29(20-18-28)42(39,40)36(27-15-13-23(2)14-16-27)22-31(37)35(21-25-9-5-8-12-30(25)33)24(3)32(38)34-26-10-6-7-11-26/h5,8-9,12-20,24,26H,4,6-7,10-11,21-22H2,1-3H3,(H,34,38)/t24-/m0/s1. The summed E-state index contributed by atoms with van der Waals surface area (Å²) in [5.74, 6) is -0.992. The predicted octanol–water partition coefficient (Wildman–Crippen LogP) is 5.20. The van der Waals surface area contributed by atoms with Gasteiger partial charge in [0.1, 0.15) is 24.2 Å². The molecule has 0 unspecified atom stereocenters. The average molecular weight is 596 g/mol. The third-order valence-corrected chi connectivity index (χ3v) is 9.28. The second-order valence-corrected chi connectivity index (χ2v) is 12.4. The van der Waals surface area contributed by atoms with E-state index in [0.29, 0.717) is 12.4 Å². The Bertz CT molecular complexity index is 1470. The molecule has 1 N–H and O–H groups in total. The third-order valence-electron chi connectivity index (χ3n) is 7.49. The van der Waals surface area contributed by atoms with Crippen LogP contribution >= 0.6 is 0 Å². The van der Waals surface area contributed by atoms with Crippen molar-refractivity contribution in [1.29, 1.82) is 0 Å². The number of amides is 2. The number of rotatable bonds is 12. The molecule has 4 rings (SSSR count). The average Bonchev–Trinajstić information content (AvgIpc) is 3.49. The first kappa shape index (κ1) is 31.0. The number of hydrogen-bond donors (Lipinski definition) is 1. The highest BCUT2D eigenvalue weighted by Crippen LogP contribution is 2.27. The molecule has 0 aromatic heterocycles. The van der Waals surface area contributed by atoms with Crippen LogP contribution in [-0.2, 0) is 26.2 Å². The molecule has 0 aliphatic heterocycles. The van der Waals surface area contributed by atoms with Gasteiger partial charge in [-0.3, -0.25) is 13.9 Å². The highest BCUT2D eigenvalue weighted by atomic mass is 32.2. The first-order valence-corrected chi connectivity index (χ1v) is 15.7. The van der Waals surface area contributed by atoms with Gasteiger partial charge in [-0.15, -0.1) is 0 Å². The van der Waals surface area contributed by atoms with Gasteiger partial charge in [0.2, 0.25) is 11.8 Å². The fourth-order valence-electron chi connectivity index (χ4n) is 5.03. The molecule has 2 amide bonds. The highest BCUT2D eigenvalue weighted by molar-refractivity contribution is 7.92. The van der Waals surface area contributed by atoms with Gasteiger partial charge in [0.25, 0.3) is 10.0 Å². The predicted molar refractivity (Wildman–Crippen MR) is 160 cm³/mol. The van der Waals surface area contributed by atoms with Crippen LogP contribution in [0.15, 0.2) is 77.7 Å². The van der Waals surface area contributed by atoms with E-state index < -0.39 is 34.3 Å². The molecule has 0 bridgehead atoms. The topological polar surface area (TPSA) is 96.0 Å². The number of nitrogens with zero attached hydrogens (tertiary/aromatic N) is 2. The van der Waals surface area contributed by atoms with Gasteiger partial charge in [0.05, 0.1) is 17.2 Å². The zero-order chi connectivity index (χ0) is 30.3. The summed E-state index contributed by atoms with van der Waals surface area (Å²) in [7, 11) is -4.22. The molecule has 1 saturated carbocycles. The number of carbonyl (C=O) groups is 2. The van der Waals surface area contributed by atoms with E-state index in [9.17, 15) is 22.4 Å². The second kappa shape index (κ2) is 13.8. The van der Waals surface area contributed by atoms with Crippen LogP contribution in [0.2, 0.25) is 0 Å². The molecule has 3 aromatic rings. The number of halogens is 1. The van der Waals surface area contributed by atoms with Crippen molar-refractivity contribution in [2.45, 2.75) is 70.0 Å². The van der Waals surface area contributed by atoms with Crippen molar-refractivity contribution in [2.24, 2.45) is 0 Å². The summed E-state index contributed by atoms with van der Waals surface area (Å²) in [5.41, 5.74) is 1.43. The van der Waals surface area contributed by atoms with E-state index in [1.54, 1.807) is 61.5 Å². The van der Waals surface area contributed by atoms with Crippen LogP contribution in [0, 0.1) is 12.7 Å². The molecule has 0 radical (unpaired) electrons. The number of ether oxygens (including phenoxy) is 1. The third kappa shape index (κ3) is 7.47. The van der Waals surface area contributed by atoms with Crippen LogP contribution in [0.4, 0.5) is 10.1 Å². The van der Waals surface area contributed by atoms with Gasteiger partial charge < -0.3 is 15.0 Å². The van der Waals surface area contributed by atoms with Gasteiger partial charge in [-0.1, -0.05) is 48.7 Å². The summed E-state index contributed by atoms with van der Waals surface area (Å²) in [6, 6.07) is 17.9. The Labute approximate surface area is 247 Å². The van der Waals surface area contributed by atoms with Crippen LogP contribution in [0.5, 0.6) is 5.75 Å². The van der Waals surface area contributed by atoms with Crippen LogP contribution < -0.4 is 14.4 Å². The molecular weight excluding hydrogens is 557 g/mol. The largest absolute Gasteiger partial charge is 0.494 e. The minimum Gasteiger partial charge on any atom is -0.494 e. The molecule has 1 atom stereocenters. The van der Waals surface area contributed by atoms with E-state index in [0.717, 1.165) is 35.6 Å². The zero-order valence-corrected chi connectivity index (χ0v) is 25.1. The Morgan fingerprint density at radius 1 is 1.00 bits per heavy atom. The smallest absolute Gasteiger partial charge is 0.264 e. The van der Waals surface area contributed by atoms with Gasteiger partial charge in [-0.2, -0.15) is 0 Å². The Kier molecular flexibility index (Phi) is 10.2. The second-order valence-electron chi connectivity index (χ2n) is 10.5. The molecule has 3 aromatic carbocycles. The molecule has 42 heavy (non-hydrogen) atoms. The van der Waals surface area contributed by atoms with Gasteiger partial charge in [0.15, 0.2) is 0 Å². The van der Waals surface area contributed by atoms with E-state index in [-0.39, 0.29) is 34.6 Å². The molecule has 0 heterocycles. The molecule has 0 spiro atoms. The van der Waals surface area contributed by atoms with Crippen molar-refractivity contribution in [2.75, 3.05) is 17.5 Å². The lowest BCUT2D eigenvalue weighted by molar-refractivity contribution is -0.139.